The van der Waals surface area contributed by atoms with Crippen molar-refractivity contribution in [1.82, 2.24) is 0 Å². The first-order valence-corrected chi connectivity index (χ1v) is 6.94. The molecule has 98 valence electrons. The topological polar surface area (TPSA) is 30.9 Å². The lowest BCUT2D eigenvalue weighted by molar-refractivity contribution is -0.416. The molecular formula is C17H21N2+. The van der Waals surface area contributed by atoms with Crippen LogP contribution in [0.4, 0.5) is 5.69 Å². The Labute approximate surface area is 114 Å². The molecule has 2 aromatic carbocycles. The van der Waals surface area contributed by atoms with E-state index in [0.29, 0.717) is 6.04 Å². The van der Waals surface area contributed by atoms with Crippen LogP contribution in [0.2, 0.25) is 0 Å². The molecule has 1 heterocycles. The molecule has 3 rings (SSSR count). The second-order valence-electron chi connectivity index (χ2n) is 5.57. The highest BCUT2D eigenvalue weighted by atomic mass is 15.2. The van der Waals surface area contributed by atoms with E-state index >= 15 is 0 Å². The Kier molecular flexibility index (Phi) is 3.26. The van der Waals surface area contributed by atoms with Crippen molar-refractivity contribution in [2.24, 2.45) is 0 Å². The van der Waals surface area contributed by atoms with E-state index in [1.807, 2.05) is 0 Å². The van der Waals surface area contributed by atoms with Crippen LogP contribution in [0.5, 0.6) is 0 Å². The molecule has 1 atom stereocenters. The Morgan fingerprint density at radius 1 is 1.16 bits per heavy atom. The Hall–Kier alpha value is -1.80. The van der Waals surface area contributed by atoms with Gasteiger partial charge in [0, 0.05) is 18.7 Å². The molecule has 1 aliphatic heterocycles. The maximum absolute atomic E-state index is 4.28. The van der Waals surface area contributed by atoms with Gasteiger partial charge in [-0.05, 0) is 24.1 Å². The minimum atomic E-state index is 0.484. The van der Waals surface area contributed by atoms with E-state index in [1.54, 1.807) is 0 Å². The molecule has 0 amide bonds. The van der Waals surface area contributed by atoms with Crippen molar-refractivity contribution in [1.29, 1.82) is 0 Å². The zero-order valence-corrected chi connectivity index (χ0v) is 11.5. The summed E-state index contributed by atoms with van der Waals surface area (Å²) in [5.74, 6) is 0. The Bertz CT molecular complexity index is 563. The monoisotopic (exact) mass is 253 g/mol. The molecule has 2 nitrogen and oxygen atoms in total. The van der Waals surface area contributed by atoms with Crippen molar-refractivity contribution in [2.75, 3.05) is 11.4 Å². The minimum absolute atomic E-state index is 0.484. The number of rotatable bonds is 2. The average molecular weight is 253 g/mol. The molecule has 1 aliphatic rings. The summed E-state index contributed by atoms with van der Waals surface area (Å²) in [7, 11) is 0. The first kappa shape index (κ1) is 12.2. The zero-order chi connectivity index (χ0) is 13.2. The van der Waals surface area contributed by atoms with Gasteiger partial charge < -0.3 is 10.6 Å². The van der Waals surface area contributed by atoms with Gasteiger partial charge in [-0.25, -0.2) is 0 Å². The van der Waals surface area contributed by atoms with E-state index in [4.69, 9.17) is 0 Å². The molecule has 0 aliphatic carbocycles. The van der Waals surface area contributed by atoms with Gasteiger partial charge in [0.1, 0.15) is 6.04 Å². The van der Waals surface area contributed by atoms with Gasteiger partial charge in [-0.1, -0.05) is 48.0 Å². The Morgan fingerprint density at radius 3 is 2.74 bits per heavy atom. The minimum Gasteiger partial charge on any atom is -0.361 e. The first-order chi connectivity index (χ1) is 9.22. The highest BCUT2D eigenvalue weighted by molar-refractivity contribution is 5.57. The van der Waals surface area contributed by atoms with E-state index in [1.165, 1.54) is 22.4 Å². The first-order valence-electron chi connectivity index (χ1n) is 6.94. The van der Waals surface area contributed by atoms with E-state index in [2.05, 4.69) is 66.1 Å². The van der Waals surface area contributed by atoms with Crippen LogP contribution in [0.3, 0.4) is 0 Å². The molecule has 0 saturated heterocycles. The predicted octanol–water partition coefficient (Wildman–Crippen LogP) is 2.17. The predicted molar refractivity (Wildman–Crippen MR) is 79.1 cm³/mol. The summed E-state index contributed by atoms with van der Waals surface area (Å²) in [5.41, 5.74) is 9.81. The maximum Gasteiger partial charge on any atom is 0.106 e. The van der Waals surface area contributed by atoms with E-state index in [0.717, 1.165) is 19.5 Å². The number of nitrogens with zero attached hydrogens (tertiary/aromatic N) is 1. The van der Waals surface area contributed by atoms with Gasteiger partial charge in [0.15, 0.2) is 0 Å². The van der Waals surface area contributed by atoms with Crippen molar-refractivity contribution in [3.8, 4) is 0 Å². The van der Waals surface area contributed by atoms with Crippen molar-refractivity contribution in [3.05, 3.63) is 65.2 Å². The fourth-order valence-electron chi connectivity index (χ4n) is 2.93. The maximum atomic E-state index is 4.28. The lowest BCUT2D eigenvalue weighted by atomic mass is 9.96. The number of anilines is 1. The summed E-state index contributed by atoms with van der Waals surface area (Å²) in [6.07, 6.45) is 1.10. The third-order valence-corrected chi connectivity index (χ3v) is 3.78. The van der Waals surface area contributed by atoms with E-state index < -0.39 is 0 Å². The molecule has 0 aromatic heterocycles. The summed E-state index contributed by atoms with van der Waals surface area (Å²) in [6.45, 7) is 4.18. The molecule has 2 aromatic rings. The lowest BCUT2D eigenvalue weighted by Gasteiger charge is -2.33. The highest BCUT2D eigenvalue weighted by Crippen LogP contribution is 2.28. The Morgan fingerprint density at radius 2 is 1.95 bits per heavy atom. The second-order valence-corrected chi connectivity index (χ2v) is 5.57. The van der Waals surface area contributed by atoms with Crippen LogP contribution in [-0.4, -0.2) is 12.6 Å². The van der Waals surface area contributed by atoms with Crippen LogP contribution in [0.25, 0.3) is 0 Å². The van der Waals surface area contributed by atoms with Gasteiger partial charge >= 0.3 is 0 Å². The number of aryl methyl sites for hydroxylation is 1. The van der Waals surface area contributed by atoms with Gasteiger partial charge in [0.2, 0.25) is 0 Å². The third-order valence-electron chi connectivity index (χ3n) is 3.78. The molecule has 1 unspecified atom stereocenters. The second kappa shape index (κ2) is 5.06. The van der Waals surface area contributed by atoms with Gasteiger partial charge in [-0.2, -0.15) is 0 Å². The summed E-state index contributed by atoms with van der Waals surface area (Å²) in [6, 6.07) is 17.9. The van der Waals surface area contributed by atoms with Crippen LogP contribution in [0, 0.1) is 6.92 Å². The van der Waals surface area contributed by atoms with Crippen LogP contribution in [-0.2, 0) is 13.0 Å². The van der Waals surface area contributed by atoms with Crippen molar-refractivity contribution >= 4 is 5.69 Å². The summed E-state index contributed by atoms with van der Waals surface area (Å²) in [5, 5.41) is 0. The number of hydrogen-bond donors (Lipinski definition) is 1. The normalized spacial score (nSPS) is 18.2. The molecular weight excluding hydrogens is 232 g/mol. The van der Waals surface area contributed by atoms with Crippen LogP contribution < -0.4 is 10.6 Å². The summed E-state index contributed by atoms with van der Waals surface area (Å²) >= 11 is 0. The lowest BCUT2D eigenvalue weighted by Crippen LogP contribution is -2.67. The molecule has 0 spiro atoms. The third kappa shape index (κ3) is 2.64. The average Bonchev–Trinajstić information content (AvgIpc) is 2.39. The van der Waals surface area contributed by atoms with Gasteiger partial charge in [0.05, 0.1) is 6.54 Å². The van der Waals surface area contributed by atoms with Crippen LogP contribution in [0.15, 0.2) is 48.5 Å². The standard InChI is InChI=1S/C17H20N2/c1-13-7-8-17-15(9-13)10-16(18)12-19(17)11-14-5-3-2-4-6-14/h2-9,16H,10-12,18H2,1H3/p+1. The summed E-state index contributed by atoms with van der Waals surface area (Å²) < 4.78 is 0. The largest absolute Gasteiger partial charge is 0.361 e. The van der Waals surface area contributed by atoms with Gasteiger partial charge in [-0.3, -0.25) is 0 Å². The fourth-order valence-corrected chi connectivity index (χ4v) is 2.93. The summed E-state index contributed by atoms with van der Waals surface area (Å²) in [4.78, 5) is 2.46. The van der Waals surface area contributed by atoms with Gasteiger partial charge in [-0.15, -0.1) is 0 Å². The van der Waals surface area contributed by atoms with E-state index in [-0.39, 0.29) is 0 Å². The number of quaternary nitrogens is 1. The number of fused-ring (bicyclic) bond motifs is 1. The SMILES string of the molecule is Cc1ccc2c(c1)CC([NH3+])CN2Cc1ccccc1. The molecule has 2 heteroatoms. The van der Waals surface area contributed by atoms with Crippen molar-refractivity contribution in [2.45, 2.75) is 25.9 Å². The quantitative estimate of drug-likeness (QED) is 0.873. The van der Waals surface area contributed by atoms with Crippen LogP contribution in [0.1, 0.15) is 16.7 Å². The molecule has 0 fully saturated rings. The highest BCUT2D eigenvalue weighted by Gasteiger charge is 2.24. The smallest absolute Gasteiger partial charge is 0.106 e. The zero-order valence-electron chi connectivity index (χ0n) is 11.5. The number of hydrogen-bond acceptors (Lipinski definition) is 1. The number of benzene rings is 2. The van der Waals surface area contributed by atoms with Crippen molar-refractivity contribution < 1.29 is 5.73 Å². The van der Waals surface area contributed by atoms with Crippen LogP contribution >= 0.6 is 0 Å². The molecule has 3 N–H and O–H groups in total. The molecule has 0 bridgehead atoms. The van der Waals surface area contributed by atoms with Gasteiger partial charge in [0.25, 0.3) is 0 Å². The fraction of sp³-hybridized carbons (Fsp3) is 0.294. The van der Waals surface area contributed by atoms with Crippen molar-refractivity contribution in [3.63, 3.8) is 0 Å². The Balaban J connectivity index is 1.91. The molecule has 0 saturated carbocycles. The van der Waals surface area contributed by atoms with E-state index in [9.17, 15) is 0 Å². The molecule has 0 radical (unpaired) electrons. The molecule has 19 heavy (non-hydrogen) atoms.